The van der Waals surface area contributed by atoms with Crippen LogP contribution in [0.15, 0.2) is 12.2 Å². The van der Waals surface area contributed by atoms with Gasteiger partial charge in [0.15, 0.2) is 0 Å². The Hall–Kier alpha value is -1.65. The maximum Gasteiger partial charge on any atom is 0.325 e. The van der Waals surface area contributed by atoms with Gasteiger partial charge in [0, 0.05) is 0 Å². The van der Waals surface area contributed by atoms with E-state index in [4.69, 9.17) is 0 Å². The second-order valence-electron chi connectivity index (χ2n) is 5.99. The van der Waals surface area contributed by atoms with Gasteiger partial charge in [0.05, 0.1) is 18.9 Å². The molecule has 1 aliphatic heterocycles. The van der Waals surface area contributed by atoms with Crippen LogP contribution in [0.5, 0.6) is 0 Å². The Morgan fingerprint density at radius 2 is 1.74 bits per heavy atom. The van der Waals surface area contributed by atoms with Crippen molar-refractivity contribution in [1.82, 2.24) is 4.90 Å². The number of methoxy groups -OCH3 is 1. The molecule has 0 spiro atoms. The summed E-state index contributed by atoms with van der Waals surface area (Å²) in [5.41, 5.74) is 0. The van der Waals surface area contributed by atoms with Crippen LogP contribution in [0.1, 0.15) is 6.42 Å². The van der Waals surface area contributed by atoms with E-state index in [1.807, 2.05) is 0 Å². The maximum absolute atomic E-state index is 12.4. The minimum Gasteiger partial charge on any atom is -0.468 e. The molecule has 0 N–H and O–H groups in total. The highest BCUT2D eigenvalue weighted by Gasteiger charge is 2.67. The van der Waals surface area contributed by atoms with Crippen LogP contribution < -0.4 is 0 Å². The molecule has 2 amide bonds. The molecule has 6 atom stereocenters. The van der Waals surface area contributed by atoms with Crippen molar-refractivity contribution in [3.8, 4) is 0 Å². The number of carbonyl (C=O) groups is 3. The predicted molar refractivity (Wildman–Crippen MR) is 63.4 cm³/mol. The van der Waals surface area contributed by atoms with Gasteiger partial charge in [-0.25, -0.2) is 0 Å². The lowest BCUT2D eigenvalue weighted by molar-refractivity contribution is -0.151. The quantitative estimate of drug-likeness (QED) is 0.405. The summed E-state index contributed by atoms with van der Waals surface area (Å²) in [6, 6.07) is 0. The molecule has 5 aliphatic rings. The molecule has 5 heteroatoms. The Bertz CT molecular complexity index is 490. The zero-order chi connectivity index (χ0) is 13.3. The minimum atomic E-state index is -0.536. The van der Waals surface area contributed by atoms with Crippen LogP contribution in [-0.2, 0) is 19.1 Å². The summed E-state index contributed by atoms with van der Waals surface area (Å²) in [6.07, 6.45) is 5.38. The smallest absolute Gasteiger partial charge is 0.325 e. The van der Waals surface area contributed by atoms with E-state index in [0.29, 0.717) is 11.8 Å². The molecule has 4 aliphatic carbocycles. The third kappa shape index (κ3) is 1.28. The van der Waals surface area contributed by atoms with Gasteiger partial charge in [-0.1, -0.05) is 12.2 Å². The number of imide groups is 1. The summed E-state index contributed by atoms with van der Waals surface area (Å²) in [6.45, 7) is -0.240. The van der Waals surface area contributed by atoms with Gasteiger partial charge < -0.3 is 4.74 Å². The van der Waals surface area contributed by atoms with E-state index in [1.54, 1.807) is 0 Å². The first-order valence-corrected chi connectivity index (χ1v) is 6.74. The van der Waals surface area contributed by atoms with Crippen molar-refractivity contribution in [2.24, 2.45) is 35.5 Å². The molecule has 1 saturated heterocycles. The van der Waals surface area contributed by atoms with Gasteiger partial charge >= 0.3 is 5.97 Å². The van der Waals surface area contributed by atoms with Crippen molar-refractivity contribution < 1.29 is 19.1 Å². The fraction of sp³-hybridized carbons (Fsp3) is 0.643. The molecule has 3 fully saturated rings. The average molecular weight is 261 g/mol. The van der Waals surface area contributed by atoms with Gasteiger partial charge in [-0.15, -0.1) is 0 Å². The van der Waals surface area contributed by atoms with Crippen molar-refractivity contribution in [2.75, 3.05) is 13.7 Å². The summed E-state index contributed by atoms with van der Waals surface area (Å²) in [5.74, 6) is 0.253. The molecule has 19 heavy (non-hydrogen) atoms. The molecule has 0 aromatic rings. The lowest BCUT2D eigenvalue weighted by atomic mass is 9.63. The first kappa shape index (κ1) is 11.2. The lowest BCUT2D eigenvalue weighted by Crippen LogP contribution is -2.40. The van der Waals surface area contributed by atoms with Crippen LogP contribution in [0, 0.1) is 35.5 Å². The van der Waals surface area contributed by atoms with Gasteiger partial charge in [0.25, 0.3) is 0 Å². The molecule has 2 bridgehead atoms. The Balaban J connectivity index is 1.66. The normalized spacial score (nSPS) is 45.2. The molecule has 0 radical (unpaired) electrons. The summed E-state index contributed by atoms with van der Waals surface area (Å²) in [4.78, 5) is 37.3. The molecule has 2 saturated carbocycles. The Kier molecular flexibility index (Phi) is 2.04. The zero-order valence-electron chi connectivity index (χ0n) is 10.6. The van der Waals surface area contributed by atoms with Crippen molar-refractivity contribution in [1.29, 1.82) is 0 Å². The number of likely N-dealkylation sites (tertiary alicyclic amines) is 1. The van der Waals surface area contributed by atoms with Crippen LogP contribution >= 0.6 is 0 Å². The van der Waals surface area contributed by atoms with Crippen LogP contribution in [0.2, 0.25) is 0 Å². The van der Waals surface area contributed by atoms with Gasteiger partial charge in [-0.3, -0.25) is 19.3 Å². The van der Waals surface area contributed by atoms with Crippen molar-refractivity contribution in [2.45, 2.75) is 6.42 Å². The van der Waals surface area contributed by atoms with Gasteiger partial charge in [-0.2, -0.15) is 0 Å². The molecule has 0 aromatic heterocycles. The van der Waals surface area contributed by atoms with E-state index < -0.39 is 5.97 Å². The van der Waals surface area contributed by atoms with E-state index in [-0.39, 0.29) is 42.0 Å². The number of nitrogens with zero attached hydrogens (tertiary/aromatic N) is 1. The van der Waals surface area contributed by atoms with E-state index in [9.17, 15) is 14.4 Å². The fourth-order valence-electron chi connectivity index (χ4n) is 4.37. The largest absolute Gasteiger partial charge is 0.468 e. The second-order valence-corrected chi connectivity index (χ2v) is 5.99. The third-order valence-corrected chi connectivity index (χ3v) is 5.27. The topological polar surface area (TPSA) is 63.7 Å². The standard InChI is InChI=1S/C14H15NO4/c1-19-10(16)5-15-13(17)11-6-2-3-7(9-4-8(6)9)12(11)14(15)18/h2-3,6-9,11-12H,4-5H2,1H3/t6-,7-,8-,9-,11+,12+/m1/s1. The Morgan fingerprint density at radius 3 is 2.21 bits per heavy atom. The highest BCUT2D eigenvalue weighted by Crippen LogP contribution is 2.65. The number of hydrogen-bond donors (Lipinski definition) is 0. The van der Waals surface area contributed by atoms with Crippen LogP contribution in [-0.4, -0.2) is 36.3 Å². The number of esters is 1. The summed E-state index contributed by atoms with van der Waals surface area (Å²) in [7, 11) is 1.26. The predicted octanol–water partition coefficient (Wildman–Crippen LogP) is 0.212. The maximum atomic E-state index is 12.4. The Morgan fingerprint density at radius 1 is 1.21 bits per heavy atom. The first-order chi connectivity index (χ1) is 9.13. The highest BCUT2D eigenvalue weighted by atomic mass is 16.5. The van der Waals surface area contributed by atoms with Crippen molar-refractivity contribution >= 4 is 17.8 Å². The highest BCUT2D eigenvalue weighted by molar-refractivity contribution is 6.07. The number of amides is 2. The SMILES string of the molecule is COC(=O)CN1C(=O)[C@H]2[C@@H]3C=C[C@H]([C@H]4C[C@H]34)[C@@H]2C1=O. The lowest BCUT2D eigenvalue weighted by Gasteiger charge is -2.37. The molecular weight excluding hydrogens is 246 g/mol. The zero-order valence-corrected chi connectivity index (χ0v) is 10.6. The van der Waals surface area contributed by atoms with Crippen molar-refractivity contribution in [3.63, 3.8) is 0 Å². The number of hydrogen-bond acceptors (Lipinski definition) is 4. The monoisotopic (exact) mass is 261 g/mol. The molecule has 5 nitrogen and oxygen atoms in total. The van der Waals surface area contributed by atoms with Gasteiger partial charge in [-0.05, 0) is 30.1 Å². The van der Waals surface area contributed by atoms with Gasteiger partial charge in [0.1, 0.15) is 6.54 Å². The Labute approximate surface area is 110 Å². The molecular formula is C14H15NO4. The van der Waals surface area contributed by atoms with Gasteiger partial charge in [0.2, 0.25) is 11.8 Å². The second kappa shape index (κ2) is 3.46. The first-order valence-electron chi connectivity index (χ1n) is 6.74. The summed E-state index contributed by atoms with van der Waals surface area (Å²) < 4.78 is 4.56. The van der Waals surface area contributed by atoms with Crippen LogP contribution in [0.3, 0.4) is 0 Å². The van der Waals surface area contributed by atoms with E-state index in [2.05, 4.69) is 16.9 Å². The molecule has 0 unspecified atom stereocenters. The molecule has 100 valence electrons. The number of rotatable bonds is 2. The fourth-order valence-corrected chi connectivity index (χ4v) is 4.37. The number of ether oxygens (including phenoxy) is 1. The van der Waals surface area contributed by atoms with E-state index in [1.165, 1.54) is 7.11 Å². The number of carbonyl (C=O) groups excluding carboxylic acids is 3. The summed E-state index contributed by atoms with van der Waals surface area (Å²) in [5, 5.41) is 0. The molecule has 1 heterocycles. The van der Waals surface area contributed by atoms with E-state index in [0.717, 1.165) is 11.3 Å². The average Bonchev–Trinajstić information content (AvgIpc) is 3.20. The van der Waals surface area contributed by atoms with Crippen LogP contribution in [0.25, 0.3) is 0 Å². The third-order valence-electron chi connectivity index (χ3n) is 5.27. The number of allylic oxidation sites excluding steroid dienone is 2. The molecule has 0 aromatic carbocycles. The van der Waals surface area contributed by atoms with Crippen molar-refractivity contribution in [3.05, 3.63) is 12.2 Å². The molecule has 5 rings (SSSR count). The summed E-state index contributed by atoms with van der Waals surface area (Å²) >= 11 is 0. The van der Waals surface area contributed by atoms with E-state index >= 15 is 0 Å². The minimum absolute atomic E-state index is 0.176. The van der Waals surface area contributed by atoms with Crippen LogP contribution in [0.4, 0.5) is 0 Å².